The van der Waals surface area contributed by atoms with E-state index in [0.29, 0.717) is 13.0 Å². The number of aliphatic hydroxyl groups excluding tert-OH is 1. The predicted molar refractivity (Wildman–Crippen MR) is 55.0 cm³/mol. The summed E-state index contributed by atoms with van der Waals surface area (Å²) in [6.07, 6.45) is 1.27. The lowest BCUT2D eigenvalue weighted by Gasteiger charge is -2.10. The fourth-order valence-corrected chi connectivity index (χ4v) is 0.900. The molecule has 0 rings (SSSR count). The Morgan fingerprint density at radius 2 is 2.14 bits per heavy atom. The maximum atomic E-state index is 11.1. The van der Waals surface area contributed by atoms with Crippen molar-refractivity contribution in [2.45, 2.75) is 19.8 Å². The topological polar surface area (TPSA) is 49.8 Å². The van der Waals surface area contributed by atoms with Gasteiger partial charge in [0, 0.05) is 18.9 Å². The monoisotopic (exact) mass is 203 g/mol. The van der Waals surface area contributed by atoms with Crippen LogP contribution in [0.3, 0.4) is 0 Å². The number of aliphatic hydroxyl groups is 1. The van der Waals surface area contributed by atoms with E-state index in [1.807, 2.05) is 25.9 Å². The van der Waals surface area contributed by atoms with Crippen LogP contribution in [0.2, 0.25) is 0 Å². The molecule has 0 amide bonds. The number of carbonyl (C=O) groups is 1. The first-order valence-electron chi connectivity index (χ1n) is 4.97. The molecule has 0 aromatic rings. The Morgan fingerprint density at radius 1 is 1.50 bits per heavy atom. The average Bonchev–Trinajstić information content (AvgIpc) is 2.13. The van der Waals surface area contributed by atoms with E-state index in [4.69, 9.17) is 9.84 Å². The lowest BCUT2D eigenvalue weighted by molar-refractivity contribution is -0.145. The van der Waals surface area contributed by atoms with Crippen LogP contribution in [0.1, 0.15) is 19.8 Å². The summed E-state index contributed by atoms with van der Waals surface area (Å²) in [5.74, 6) is -0.139. The van der Waals surface area contributed by atoms with Gasteiger partial charge in [0.2, 0.25) is 0 Å². The number of ether oxygens (including phenoxy) is 1. The predicted octanol–water partition coefficient (Wildman–Crippen LogP) is 0.500. The number of hydrogen-bond acceptors (Lipinski definition) is 4. The van der Waals surface area contributed by atoms with Gasteiger partial charge in [0.25, 0.3) is 0 Å². The molecule has 0 fully saturated rings. The fourth-order valence-electron chi connectivity index (χ4n) is 0.900. The minimum Gasteiger partial charge on any atom is -0.465 e. The first kappa shape index (κ1) is 13.4. The number of esters is 1. The molecular formula is C10H21NO3. The van der Waals surface area contributed by atoms with Gasteiger partial charge >= 0.3 is 5.97 Å². The molecular weight excluding hydrogens is 182 g/mol. The highest BCUT2D eigenvalue weighted by atomic mass is 16.5. The van der Waals surface area contributed by atoms with Crippen LogP contribution in [-0.4, -0.2) is 49.8 Å². The molecule has 1 unspecified atom stereocenters. The van der Waals surface area contributed by atoms with Crippen LogP contribution < -0.4 is 0 Å². The van der Waals surface area contributed by atoms with Crippen molar-refractivity contribution >= 4 is 5.97 Å². The lowest BCUT2D eigenvalue weighted by atomic mass is 10.2. The molecule has 0 aromatic carbocycles. The molecule has 0 aliphatic rings. The first-order valence-corrected chi connectivity index (χ1v) is 4.97. The molecule has 0 saturated carbocycles. The van der Waals surface area contributed by atoms with Crippen LogP contribution in [0, 0.1) is 5.92 Å². The van der Waals surface area contributed by atoms with Gasteiger partial charge in [-0.1, -0.05) is 6.92 Å². The van der Waals surface area contributed by atoms with Gasteiger partial charge < -0.3 is 14.7 Å². The second-order valence-corrected chi connectivity index (χ2v) is 3.88. The molecule has 0 spiro atoms. The molecule has 0 bridgehead atoms. The summed E-state index contributed by atoms with van der Waals surface area (Å²) < 4.78 is 4.96. The van der Waals surface area contributed by atoms with E-state index in [2.05, 4.69) is 0 Å². The summed E-state index contributed by atoms with van der Waals surface area (Å²) in [6.45, 7) is 3.11. The zero-order valence-corrected chi connectivity index (χ0v) is 9.32. The Morgan fingerprint density at radius 3 is 2.64 bits per heavy atom. The Labute approximate surface area is 85.9 Å². The SMILES string of the molecule is CC(CO)COC(=O)CCCN(C)C. The van der Waals surface area contributed by atoms with Gasteiger partial charge in [-0.05, 0) is 27.1 Å². The third-order valence-electron chi connectivity index (χ3n) is 1.83. The van der Waals surface area contributed by atoms with Crippen molar-refractivity contribution in [3.05, 3.63) is 0 Å². The largest absolute Gasteiger partial charge is 0.465 e. The van der Waals surface area contributed by atoms with Gasteiger partial charge in [-0.15, -0.1) is 0 Å². The summed E-state index contributed by atoms with van der Waals surface area (Å²) in [6, 6.07) is 0. The third kappa shape index (κ3) is 8.01. The van der Waals surface area contributed by atoms with Crippen LogP contribution in [0.15, 0.2) is 0 Å². The average molecular weight is 203 g/mol. The molecule has 0 radical (unpaired) electrons. The highest BCUT2D eigenvalue weighted by Crippen LogP contribution is 1.98. The highest BCUT2D eigenvalue weighted by molar-refractivity contribution is 5.69. The summed E-state index contributed by atoms with van der Waals surface area (Å²) in [4.78, 5) is 13.2. The van der Waals surface area contributed by atoms with Crippen LogP contribution >= 0.6 is 0 Å². The smallest absolute Gasteiger partial charge is 0.305 e. The standard InChI is InChI=1S/C10H21NO3/c1-9(7-12)8-14-10(13)5-4-6-11(2)3/h9,12H,4-8H2,1-3H3. The Kier molecular flexibility index (Phi) is 7.42. The Bertz CT molecular complexity index is 159. The molecule has 4 heteroatoms. The fraction of sp³-hybridized carbons (Fsp3) is 0.900. The van der Waals surface area contributed by atoms with E-state index in [1.165, 1.54) is 0 Å². The number of hydrogen-bond donors (Lipinski definition) is 1. The van der Waals surface area contributed by atoms with E-state index in [-0.39, 0.29) is 18.5 Å². The van der Waals surface area contributed by atoms with Crippen LogP contribution in [0.25, 0.3) is 0 Å². The summed E-state index contributed by atoms with van der Waals surface area (Å²) in [5, 5.41) is 8.70. The van der Waals surface area contributed by atoms with E-state index in [0.717, 1.165) is 13.0 Å². The molecule has 1 atom stereocenters. The number of rotatable bonds is 7. The second-order valence-electron chi connectivity index (χ2n) is 3.88. The second kappa shape index (κ2) is 7.76. The van der Waals surface area contributed by atoms with E-state index < -0.39 is 0 Å². The Hall–Kier alpha value is -0.610. The van der Waals surface area contributed by atoms with Gasteiger partial charge in [-0.3, -0.25) is 4.79 Å². The minimum atomic E-state index is -0.174. The van der Waals surface area contributed by atoms with E-state index in [1.54, 1.807) is 0 Å². The van der Waals surface area contributed by atoms with Crippen molar-refractivity contribution in [2.24, 2.45) is 5.92 Å². The first-order chi connectivity index (χ1) is 6.56. The zero-order valence-electron chi connectivity index (χ0n) is 9.32. The lowest BCUT2D eigenvalue weighted by Crippen LogP contribution is -2.17. The molecule has 0 heterocycles. The van der Waals surface area contributed by atoms with Crippen LogP contribution in [0.5, 0.6) is 0 Å². The third-order valence-corrected chi connectivity index (χ3v) is 1.83. The zero-order chi connectivity index (χ0) is 11.0. The number of carbonyl (C=O) groups excluding carboxylic acids is 1. The van der Waals surface area contributed by atoms with Crippen molar-refractivity contribution in [2.75, 3.05) is 33.9 Å². The molecule has 0 aromatic heterocycles. The molecule has 0 aliphatic carbocycles. The molecule has 0 saturated heterocycles. The van der Waals surface area contributed by atoms with Gasteiger partial charge in [0.15, 0.2) is 0 Å². The van der Waals surface area contributed by atoms with E-state index >= 15 is 0 Å². The number of nitrogens with zero attached hydrogens (tertiary/aromatic N) is 1. The molecule has 1 N–H and O–H groups in total. The van der Waals surface area contributed by atoms with Gasteiger partial charge in [-0.25, -0.2) is 0 Å². The van der Waals surface area contributed by atoms with Crippen molar-refractivity contribution in [3.8, 4) is 0 Å². The highest BCUT2D eigenvalue weighted by Gasteiger charge is 2.06. The van der Waals surface area contributed by atoms with Crippen LogP contribution in [0.4, 0.5) is 0 Å². The molecule has 4 nitrogen and oxygen atoms in total. The molecule has 84 valence electrons. The van der Waals surface area contributed by atoms with Crippen molar-refractivity contribution in [1.29, 1.82) is 0 Å². The quantitative estimate of drug-likeness (QED) is 0.612. The van der Waals surface area contributed by atoms with Gasteiger partial charge in [0.1, 0.15) is 0 Å². The van der Waals surface area contributed by atoms with Crippen molar-refractivity contribution < 1.29 is 14.6 Å². The summed E-state index contributed by atoms with van der Waals surface area (Å²) in [7, 11) is 3.94. The molecule has 0 aliphatic heterocycles. The minimum absolute atomic E-state index is 0.0350. The van der Waals surface area contributed by atoms with Crippen LogP contribution in [-0.2, 0) is 9.53 Å². The summed E-state index contributed by atoms with van der Waals surface area (Å²) >= 11 is 0. The normalized spacial score (nSPS) is 12.9. The summed E-state index contributed by atoms with van der Waals surface area (Å²) in [5.41, 5.74) is 0. The van der Waals surface area contributed by atoms with Crippen molar-refractivity contribution in [3.63, 3.8) is 0 Å². The maximum Gasteiger partial charge on any atom is 0.305 e. The van der Waals surface area contributed by atoms with Gasteiger partial charge in [-0.2, -0.15) is 0 Å². The maximum absolute atomic E-state index is 11.1. The molecule has 14 heavy (non-hydrogen) atoms. The van der Waals surface area contributed by atoms with E-state index in [9.17, 15) is 4.79 Å². The Balaban J connectivity index is 3.37. The van der Waals surface area contributed by atoms with Crippen molar-refractivity contribution in [1.82, 2.24) is 4.90 Å². The van der Waals surface area contributed by atoms with Gasteiger partial charge in [0.05, 0.1) is 6.61 Å².